The molecule has 0 saturated carbocycles. The van der Waals surface area contributed by atoms with Crippen molar-refractivity contribution in [3.05, 3.63) is 35.7 Å². The third kappa shape index (κ3) is 0.676. The minimum atomic E-state index is 1.24. The lowest BCUT2D eigenvalue weighted by Crippen LogP contribution is -1.63. The lowest BCUT2D eigenvalue weighted by molar-refractivity contribution is 1.56. The van der Waals surface area contributed by atoms with E-state index in [-0.39, 0.29) is 0 Å². The second-order valence-electron chi connectivity index (χ2n) is 2.83. The Hall–Kier alpha value is -1.28. The summed E-state index contributed by atoms with van der Waals surface area (Å²) in [6.07, 6.45) is 0. The highest BCUT2D eigenvalue weighted by molar-refractivity contribution is 7.18. The number of fused-ring (bicyclic) bond motifs is 3. The molecule has 0 bridgehead atoms. The molecule has 2 aromatic heterocycles. The Morgan fingerprint density at radius 1 is 1.00 bits per heavy atom. The highest BCUT2D eigenvalue weighted by Gasteiger charge is 2.02. The second-order valence-corrected chi connectivity index (χ2v) is 3.75. The number of aromatic nitrogens is 1. The number of rotatable bonds is 0. The molecule has 0 saturated heterocycles. The van der Waals surface area contributed by atoms with Gasteiger partial charge in [0, 0.05) is 10.9 Å². The fraction of sp³-hybridized carbons (Fsp3) is 0. The Morgan fingerprint density at radius 3 is 2.92 bits per heavy atom. The average Bonchev–Trinajstić information content (AvgIpc) is 2.62. The Bertz CT molecular complexity index is 532. The van der Waals surface area contributed by atoms with Crippen molar-refractivity contribution in [2.45, 2.75) is 0 Å². The molecule has 12 heavy (non-hydrogen) atoms. The molecule has 58 valence electrons. The van der Waals surface area contributed by atoms with E-state index in [1.54, 1.807) is 11.3 Å². The number of benzene rings is 1. The van der Waals surface area contributed by atoms with E-state index in [2.05, 4.69) is 40.7 Å². The molecular formula is C10H7NS. The second kappa shape index (κ2) is 2.11. The Balaban J connectivity index is 2.68. The van der Waals surface area contributed by atoms with Crippen molar-refractivity contribution in [2.24, 2.45) is 0 Å². The first-order chi connectivity index (χ1) is 5.95. The third-order valence-electron chi connectivity index (χ3n) is 2.11. The summed E-state index contributed by atoms with van der Waals surface area (Å²) in [4.78, 5) is 3.37. The van der Waals surface area contributed by atoms with Gasteiger partial charge in [-0.15, -0.1) is 11.3 Å². The Morgan fingerprint density at radius 2 is 1.92 bits per heavy atom. The van der Waals surface area contributed by atoms with Crippen LogP contribution in [0.25, 0.3) is 21.1 Å². The summed E-state index contributed by atoms with van der Waals surface area (Å²) in [5, 5.41) is 3.45. The summed E-state index contributed by atoms with van der Waals surface area (Å²) in [7, 11) is 0. The zero-order valence-corrected chi connectivity index (χ0v) is 7.19. The van der Waals surface area contributed by atoms with Gasteiger partial charge in [0.2, 0.25) is 0 Å². The summed E-state index contributed by atoms with van der Waals surface area (Å²) < 4.78 is 1.37. The molecular weight excluding hydrogens is 166 g/mol. The van der Waals surface area contributed by atoms with Crippen LogP contribution in [0, 0.1) is 0 Å². The monoisotopic (exact) mass is 173 g/mol. The summed E-state index contributed by atoms with van der Waals surface area (Å²) in [6.45, 7) is 0. The van der Waals surface area contributed by atoms with Crippen molar-refractivity contribution in [1.82, 2.24) is 4.98 Å². The van der Waals surface area contributed by atoms with Crippen molar-refractivity contribution in [2.75, 3.05) is 0 Å². The molecule has 0 radical (unpaired) electrons. The predicted molar refractivity (Wildman–Crippen MR) is 53.7 cm³/mol. The molecule has 3 rings (SSSR count). The number of aromatic amines is 1. The van der Waals surface area contributed by atoms with Gasteiger partial charge in [-0.2, -0.15) is 0 Å². The molecule has 0 unspecified atom stereocenters. The maximum absolute atomic E-state index is 3.37. The SMILES string of the molecule is c1ccc2c(c1)[nH]c1ccsc12. The zero-order chi connectivity index (χ0) is 7.97. The van der Waals surface area contributed by atoms with E-state index >= 15 is 0 Å². The van der Waals surface area contributed by atoms with Gasteiger partial charge in [-0.1, -0.05) is 18.2 Å². The van der Waals surface area contributed by atoms with Crippen molar-refractivity contribution >= 4 is 32.5 Å². The predicted octanol–water partition coefficient (Wildman–Crippen LogP) is 3.38. The van der Waals surface area contributed by atoms with Gasteiger partial charge in [-0.3, -0.25) is 0 Å². The fourth-order valence-corrected chi connectivity index (χ4v) is 2.44. The normalized spacial score (nSPS) is 11.3. The van der Waals surface area contributed by atoms with Gasteiger partial charge < -0.3 is 4.98 Å². The van der Waals surface area contributed by atoms with Gasteiger partial charge in [0.1, 0.15) is 0 Å². The zero-order valence-electron chi connectivity index (χ0n) is 6.37. The van der Waals surface area contributed by atoms with Gasteiger partial charge in [-0.05, 0) is 17.5 Å². The van der Waals surface area contributed by atoms with Gasteiger partial charge in [0.25, 0.3) is 0 Å². The van der Waals surface area contributed by atoms with E-state index in [0.717, 1.165) is 0 Å². The molecule has 1 N–H and O–H groups in total. The maximum Gasteiger partial charge on any atom is 0.0598 e. The van der Waals surface area contributed by atoms with Crippen molar-refractivity contribution < 1.29 is 0 Å². The summed E-state index contributed by atoms with van der Waals surface area (Å²) >= 11 is 1.79. The highest BCUT2D eigenvalue weighted by Crippen LogP contribution is 2.29. The van der Waals surface area contributed by atoms with Crippen LogP contribution in [0.1, 0.15) is 0 Å². The molecule has 1 nitrogen and oxygen atoms in total. The molecule has 0 atom stereocenters. The number of nitrogens with one attached hydrogen (secondary N) is 1. The van der Waals surface area contributed by atoms with E-state index < -0.39 is 0 Å². The number of hydrogen-bond acceptors (Lipinski definition) is 1. The minimum absolute atomic E-state index is 1.24. The lowest BCUT2D eigenvalue weighted by atomic mass is 10.2. The summed E-state index contributed by atoms with van der Waals surface area (Å²) in [5.41, 5.74) is 2.49. The average molecular weight is 173 g/mol. The highest BCUT2D eigenvalue weighted by atomic mass is 32.1. The number of thiophene rings is 1. The Kier molecular flexibility index (Phi) is 1.10. The standard InChI is InChI=1S/C10H7NS/c1-2-4-8-7(3-1)10-9(11-8)5-6-12-10/h1-6,11H. The first-order valence-electron chi connectivity index (χ1n) is 3.89. The molecule has 2 heterocycles. The van der Waals surface area contributed by atoms with E-state index in [4.69, 9.17) is 0 Å². The lowest BCUT2D eigenvalue weighted by Gasteiger charge is -1.85. The van der Waals surface area contributed by atoms with E-state index in [9.17, 15) is 0 Å². The maximum atomic E-state index is 3.37. The van der Waals surface area contributed by atoms with E-state index in [1.807, 2.05) is 0 Å². The fourth-order valence-electron chi connectivity index (χ4n) is 1.55. The minimum Gasteiger partial charge on any atom is -0.354 e. The van der Waals surface area contributed by atoms with E-state index in [0.29, 0.717) is 0 Å². The molecule has 0 fully saturated rings. The summed E-state index contributed by atoms with van der Waals surface area (Å²) in [6, 6.07) is 10.5. The first kappa shape index (κ1) is 6.26. The van der Waals surface area contributed by atoms with Crippen LogP contribution in [0.5, 0.6) is 0 Å². The van der Waals surface area contributed by atoms with Crippen LogP contribution in [-0.2, 0) is 0 Å². The van der Waals surface area contributed by atoms with Crippen LogP contribution in [-0.4, -0.2) is 4.98 Å². The van der Waals surface area contributed by atoms with Crippen molar-refractivity contribution in [3.8, 4) is 0 Å². The quantitative estimate of drug-likeness (QED) is 0.536. The van der Waals surface area contributed by atoms with Gasteiger partial charge in [-0.25, -0.2) is 0 Å². The van der Waals surface area contributed by atoms with Crippen LogP contribution < -0.4 is 0 Å². The van der Waals surface area contributed by atoms with Crippen LogP contribution in [0.15, 0.2) is 35.7 Å². The molecule has 0 aliphatic heterocycles. The largest absolute Gasteiger partial charge is 0.354 e. The molecule has 1 aromatic carbocycles. The van der Waals surface area contributed by atoms with E-state index in [1.165, 1.54) is 21.1 Å². The van der Waals surface area contributed by atoms with Crippen LogP contribution in [0.4, 0.5) is 0 Å². The molecule has 0 amide bonds. The van der Waals surface area contributed by atoms with Crippen molar-refractivity contribution in [3.63, 3.8) is 0 Å². The third-order valence-corrected chi connectivity index (χ3v) is 3.05. The molecule has 2 heteroatoms. The molecule has 3 aromatic rings. The molecule has 0 aliphatic carbocycles. The first-order valence-corrected chi connectivity index (χ1v) is 4.77. The van der Waals surface area contributed by atoms with Crippen LogP contribution in [0.2, 0.25) is 0 Å². The van der Waals surface area contributed by atoms with Gasteiger partial charge in [0.15, 0.2) is 0 Å². The topological polar surface area (TPSA) is 15.8 Å². The van der Waals surface area contributed by atoms with Crippen molar-refractivity contribution in [1.29, 1.82) is 0 Å². The number of para-hydroxylation sites is 1. The smallest absolute Gasteiger partial charge is 0.0598 e. The van der Waals surface area contributed by atoms with Gasteiger partial charge in [0.05, 0.1) is 10.2 Å². The van der Waals surface area contributed by atoms with Crippen LogP contribution >= 0.6 is 11.3 Å². The van der Waals surface area contributed by atoms with Gasteiger partial charge >= 0.3 is 0 Å². The molecule has 0 spiro atoms. The Labute approximate surface area is 73.6 Å². The number of hydrogen-bond donors (Lipinski definition) is 1. The summed E-state index contributed by atoms with van der Waals surface area (Å²) in [5.74, 6) is 0. The van der Waals surface area contributed by atoms with Crippen LogP contribution in [0.3, 0.4) is 0 Å². The molecule has 0 aliphatic rings. The number of H-pyrrole nitrogens is 1.